The number of hydrogen-bond acceptors (Lipinski definition) is 6. The Kier molecular flexibility index (Phi) is 11.2. The van der Waals surface area contributed by atoms with Crippen LogP contribution in [0.4, 0.5) is 0 Å². The van der Waals surface area contributed by atoms with Gasteiger partial charge >= 0.3 is 5.97 Å². The molecule has 36 heavy (non-hydrogen) atoms. The Morgan fingerprint density at radius 1 is 0.944 bits per heavy atom. The molecule has 10 heteroatoms. The highest BCUT2D eigenvalue weighted by Gasteiger charge is 2.34. The van der Waals surface area contributed by atoms with Crippen LogP contribution in [0.3, 0.4) is 0 Å². The molecule has 200 valence electrons. The van der Waals surface area contributed by atoms with Crippen molar-refractivity contribution in [3.63, 3.8) is 0 Å². The minimum atomic E-state index is -1.15. The number of phenolic OH excluding ortho intramolecular Hbond substituents is 1. The van der Waals surface area contributed by atoms with Gasteiger partial charge in [-0.1, -0.05) is 52.7 Å². The Morgan fingerprint density at radius 2 is 1.56 bits per heavy atom. The average molecular weight is 505 g/mol. The molecule has 6 N–H and O–H groups in total. The van der Waals surface area contributed by atoms with Crippen molar-refractivity contribution in [3.8, 4) is 5.75 Å². The molecule has 0 bridgehead atoms. The van der Waals surface area contributed by atoms with Crippen LogP contribution >= 0.6 is 0 Å². The first-order valence-corrected chi connectivity index (χ1v) is 12.7. The van der Waals surface area contributed by atoms with Gasteiger partial charge in [-0.3, -0.25) is 14.4 Å². The summed E-state index contributed by atoms with van der Waals surface area (Å²) in [5.74, 6) is -2.99. The number of nitrogens with one attached hydrogen (secondary N) is 4. The topological polar surface area (TPSA) is 157 Å². The second-order valence-corrected chi connectivity index (χ2v) is 9.66. The van der Waals surface area contributed by atoms with Crippen LogP contribution in [0.25, 0.3) is 0 Å². The van der Waals surface area contributed by atoms with Gasteiger partial charge in [0, 0.05) is 6.42 Å². The van der Waals surface area contributed by atoms with Crippen molar-refractivity contribution in [1.29, 1.82) is 0 Å². The van der Waals surface area contributed by atoms with Gasteiger partial charge in [0.25, 0.3) is 0 Å². The number of aliphatic carboxylic acids is 1. The Hall–Kier alpha value is -3.14. The van der Waals surface area contributed by atoms with Gasteiger partial charge in [-0.25, -0.2) is 4.79 Å². The predicted octanol–water partition coefficient (Wildman–Crippen LogP) is 1.32. The molecule has 1 aliphatic rings. The monoisotopic (exact) mass is 504 g/mol. The molecule has 1 fully saturated rings. The predicted molar refractivity (Wildman–Crippen MR) is 135 cm³/mol. The van der Waals surface area contributed by atoms with E-state index in [2.05, 4.69) is 21.3 Å². The van der Waals surface area contributed by atoms with Crippen LogP contribution in [-0.4, -0.2) is 64.6 Å². The lowest BCUT2D eigenvalue weighted by atomic mass is 9.96. The summed E-state index contributed by atoms with van der Waals surface area (Å²) in [5, 5.41) is 30.5. The van der Waals surface area contributed by atoms with Crippen LogP contribution in [0.2, 0.25) is 0 Å². The van der Waals surface area contributed by atoms with Crippen LogP contribution in [0.5, 0.6) is 5.75 Å². The van der Waals surface area contributed by atoms with Crippen molar-refractivity contribution in [1.82, 2.24) is 21.3 Å². The van der Waals surface area contributed by atoms with Gasteiger partial charge in [0.1, 0.15) is 23.9 Å². The minimum absolute atomic E-state index is 0.0616. The first kappa shape index (κ1) is 29.1. The van der Waals surface area contributed by atoms with Gasteiger partial charge in [-0.05, 0) is 48.9 Å². The summed E-state index contributed by atoms with van der Waals surface area (Å²) in [6, 6.07) is 2.80. The molecule has 0 aliphatic carbocycles. The molecule has 6 unspecified atom stereocenters. The summed E-state index contributed by atoms with van der Waals surface area (Å²) in [5.41, 5.74) is 0.669. The van der Waals surface area contributed by atoms with E-state index in [4.69, 9.17) is 0 Å². The van der Waals surface area contributed by atoms with E-state index in [0.29, 0.717) is 24.8 Å². The molecule has 1 aromatic rings. The lowest BCUT2D eigenvalue weighted by Crippen LogP contribution is -2.59. The Morgan fingerprint density at radius 3 is 2.08 bits per heavy atom. The zero-order valence-electron chi connectivity index (χ0n) is 21.5. The highest BCUT2D eigenvalue weighted by Crippen LogP contribution is 2.15. The molecule has 10 nitrogen and oxygen atoms in total. The van der Waals surface area contributed by atoms with Crippen molar-refractivity contribution in [2.24, 2.45) is 11.8 Å². The zero-order chi connectivity index (χ0) is 26.8. The lowest BCUT2D eigenvalue weighted by Gasteiger charge is -2.28. The molecule has 1 aliphatic heterocycles. The Bertz CT molecular complexity index is 900. The highest BCUT2D eigenvalue weighted by atomic mass is 16.4. The van der Waals surface area contributed by atoms with E-state index in [0.717, 1.165) is 13.0 Å². The summed E-state index contributed by atoms with van der Waals surface area (Å²) in [6.45, 7) is 8.08. The fourth-order valence-corrected chi connectivity index (χ4v) is 4.14. The number of aromatic hydroxyl groups is 1. The number of amides is 3. The molecule has 3 amide bonds. The maximum absolute atomic E-state index is 13.4. The molecule has 0 radical (unpaired) electrons. The normalized spacial score (nSPS) is 19.4. The molecule has 0 spiro atoms. The summed E-state index contributed by atoms with van der Waals surface area (Å²) in [6.07, 6.45) is 2.83. The van der Waals surface area contributed by atoms with Crippen LogP contribution in [0.15, 0.2) is 24.3 Å². The second-order valence-electron chi connectivity index (χ2n) is 9.66. The smallest absolute Gasteiger partial charge is 0.326 e. The van der Waals surface area contributed by atoms with Crippen LogP contribution < -0.4 is 21.3 Å². The SMILES string of the molecule is CCC(C)C(NC(=O)C(Cc1ccc(O)cc1)NC(=O)C(NC(=O)C1CCCN1)C(C)CC)C(=O)O. The van der Waals surface area contributed by atoms with Crippen molar-refractivity contribution < 1.29 is 29.4 Å². The van der Waals surface area contributed by atoms with Crippen LogP contribution in [-0.2, 0) is 25.6 Å². The molecule has 1 heterocycles. The van der Waals surface area contributed by atoms with E-state index in [-0.39, 0.29) is 36.0 Å². The van der Waals surface area contributed by atoms with Crippen molar-refractivity contribution in [2.75, 3.05) is 6.54 Å². The number of phenols is 1. The zero-order valence-corrected chi connectivity index (χ0v) is 21.5. The fourth-order valence-electron chi connectivity index (χ4n) is 4.14. The molecule has 0 aromatic heterocycles. The van der Waals surface area contributed by atoms with Gasteiger partial charge in [0.2, 0.25) is 17.7 Å². The van der Waals surface area contributed by atoms with Gasteiger partial charge in [-0.2, -0.15) is 0 Å². The Balaban J connectivity index is 2.25. The highest BCUT2D eigenvalue weighted by molar-refractivity contribution is 5.94. The van der Waals surface area contributed by atoms with Gasteiger partial charge in [-0.15, -0.1) is 0 Å². The van der Waals surface area contributed by atoms with E-state index in [9.17, 15) is 29.4 Å². The largest absolute Gasteiger partial charge is 0.508 e. The number of rotatable bonds is 13. The number of benzene rings is 1. The number of carboxylic acids is 1. The second kappa shape index (κ2) is 13.8. The third-order valence-corrected chi connectivity index (χ3v) is 6.96. The molecule has 6 atom stereocenters. The molecule has 2 rings (SSSR count). The summed E-state index contributed by atoms with van der Waals surface area (Å²) < 4.78 is 0. The van der Waals surface area contributed by atoms with Crippen LogP contribution in [0, 0.1) is 11.8 Å². The summed E-state index contributed by atoms with van der Waals surface area (Å²) in [4.78, 5) is 51.1. The van der Waals surface area contributed by atoms with Gasteiger partial charge < -0.3 is 31.5 Å². The van der Waals surface area contributed by atoms with Crippen molar-refractivity contribution in [3.05, 3.63) is 29.8 Å². The van der Waals surface area contributed by atoms with Crippen LogP contribution in [0.1, 0.15) is 58.9 Å². The third kappa shape index (κ3) is 8.22. The molecular formula is C26H40N4O6. The quantitative estimate of drug-likeness (QED) is 0.236. The first-order chi connectivity index (χ1) is 17.1. The third-order valence-electron chi connectivity index (χ3n) is 6.96. The number of hydrogen-bond donors (Lipinski definition) is 6. The van der Waals surface area contributed by atoms with Gasteiger partial charge in [0.15, 0.2) is 0 Å². The van der Waals surface area contributed by atoms with Gasteiger partial charge in [0.05, 0.1) is 6.04 Å². The lowest BCUT2D eigenvalue weighted by molar-refractivity contribution is -0.143. The average Bonchev–Trinajstić information content (AvgIpc) is 3.40. The molecule has 1 aromatic carbocycles. The van der Waals surface area contributed by atoms with E-state index in [1.807, 2.05) is 20.8 Å². The fraction of sp³-hybridized carbons (Fsp3) is 0.615. The van der Waals surface area contributed by atoms with Crippen molar-refractivity contribution in [2.45, 2.75) is 84.0 Å². The maximum Gasteiger partial charge on any atom is 0.326 e. The maximum atomic E-state index is 13.4. The van der Waals surface area contributed by atoms with E-state index in [1.54, 1.807) is 19.1 Å². The van der Waals surface area contributed by atoms with Crippen molar-refractivity contribution >= 4 is 23.7 Å². The number of carbonyl (C=O) groups excluding carboxylic acids is 3. The molecular weight excluding hydrogens is 464 g/mol. The molecule has 0 saturated carbocycles. The van der Waals surface area contributed by atoms with E-state index >= 15 is 0 Å². The number of carboxylic acid groups (broad SMARTS) is 1. The molecule has 1 saturated heterocycles. The number of carbonyl (C=O) groups is 4. The van der Waals surface area contributed by atoms with E-state index in [1.165, 1.54) is 12.1 Å². The van der Waals surface area contributed by atoms with E-state index < -0.39 is 35.9 Å². The standard InChI is InChI=1S/C26H40N4O6/c1-5-15(3)21(29-23(32)19-8-7-13-27-19)25(34)28-20(14-17-9-11-18(31)12-10-17)24(33)30-22(26(35)36)16(4)6-2/h9-12,15-16,19-22,27,31H,5-8,13-14H2,1-4H3,(H,28,34)(H,29,32)(H,30,33)(H,35,36). The first-order valence-electron chi connectivity index (χ1n) is 12.7. The summed E-state index contributed by atoms with van der Waals surface area (Å²) >= 11 is 0. The summed E-state index contributed by atoms with van der Waals surface area (Å²) in [7, 11) is 0. The Labute approximate surface area is 212 Å². The minimum Gasteiger partial charge on any atom is -0.508 e.